The third-order valence-electron chi connectivity index (χ3n) is 8.04. The fourth-order valence-electron chi connectivity index (χ4n) is 6.17. The summed E-state index contributed by atoms with van der Waals surface area (Å²) in [6, 6.07) is 43.1. The molecule has 43 heavy (non-hydrogen) atoms. The van der Waals surface area contributed by atoms with Gasteiger partial charge in [0.25, 0.3) is 0 Å². The number of hydrogen-bond donors (Lipinski definition) is 0. The van der Waals surface area contributed by atoms with E-state index in [1.54, 1.807) is 0 Å². The van der Waals surface area contributed by atoms with Crippen LogP contribution >= 0.6 is 0 Å². The van der Waals surface area contributed by atoms with Crippen molar-refractivity contribution in [1.82, 2.24) is 23.9 Å². The first-order valence-electron chi connectivity index (χ1n) is 14.2. The molecule has 6 nitrogen and oxygen atoms in total. The minimum absolute atomic E-state index is 0.520. The summed E-state index contributed by atoms with van der Waals surface area (Å²) in [7, 11) is 0. The average Bonchev–Trinajstić information content (AvgIpc) is 3.61. The van der Waals surface area contributed by atoms with E-state index >= 15 is 0 Å². The van der Waals surface area contributed by atoms with Gasteiger partial charge in [0.05, 0.1) is 22.2 Å². The third kappa shape index (κ3) is 3.70. The first-order valence-corrected chi connectivity index (χ1v) is 14.2. The van der Waals surface area contributed by atoms with Gasteiger partial charge in [-0.15, -0.1) is 0 Å². The SMILES string of the molecule is c1ccc(-n2c3ccccc3c3ccc(Oc4cc(-c5ccccn5)c5c(ccn6c7ccccc7nc56)c4)nc32)cc1. The van der Waals surface area contributed by atoms with Gasteiger partial charge in [-0.25, -0.2) is 4.98 Å². The molecule has 0 radical (unpaired) electrons. The first kappa shape index (κ1) is 23.7. The molecule has 6 heteroatoms. The second-order valence-corrected chi connectivity index (χ2v) is 10.6. The van der Waals surface area contributed by atoms with Crippen LogP contribution in [0.25, 0.3) is 66.3 Å². The van der Waals surface area contributed by atoms with Crippen LogP contribution in [0.1, 0.15) is 0 Å². The van der Waals surface area contributed by atoms with E-state index in [1.165, 1.54) is 0 Å². The lowest BCUT2D eigenvalue weighted by molar-refractivity contribution is 0.465. The zero-order chi connectivity index (χ0) is 28.3. The van der Waals surface area contributed by atoms with Crippen LogP contribution in [-0.4, -0.2) is 23.9 Å². The van der Waals surface area contributed by atoms with E-state index in [0.29, 0.717) is 11.6 Å². The maximum atomic E-state index is 6.54. The minimum atomic E-state index is 0.520. The maximum Gasteiger partial charge on any atom is 0.221 e. The Kier molecular flexibility index (Phi) is 5.10. The highest BCUT2D eigenvalue weighted by Gasteiger charge is 2.17. The van der Waals surface area contributed by atoms with Gasteiger partial charge in [0.15, 0.2) is 0 Å². The molecule has 0 amide bonds. The number of benzene rings is 4. The molecular weight excluding hydrogens is 530 g/mol. The van der Waals surface area contributed by atoms with E-state index < -0.39 is 0 Å². The molecule has 0 saturated heterocycles. The predicted octanol–water partition coefficient (Wildman–Crippen LogP) is 8.99. The van der Waals surface area contributed by atoms with Gasteiger partial charge in [-0.05, 0) is 72.1 Å². The molecule has 0 saturated carbocycles. The Bertz CT molecular complexity index is 2480. The smallest absolute Gasteiger partial charge is 0.221 e. The Morgan fingerprint density at radius 2 is 1.42 bits per heavy atom. The van der Waals surface area contributed by atoms with Gasteiger partial charge in [-0.2, -0.15) is 4.98 Å². The number of rotatable bonds is 4. The summed E-state index contributed by atoms with van der Waals surface area (Å²) in [5.41, 5.74) is 7.72. The molecule has 5 aromatic heterocycles. The number of ether oxygens (including phenoxy) is 1. The molecule has 4 aromatic carbocycles. The fourth-order valence-corrected chi connectivity index (χ4v) is 6.17. The lowest BCUT2D eigenvalue weighted by Crippen LogP contribution is -1.97. The Morgan fingerprint density at radius 3 is 2.30 bits per heavy atom. The Balaban J connectivity index is 1.24. The summed E-state index contributed by atoms with van der Waals surface area (Å²) < 4.78 is 10.9. The van der Waals surface area contributed by atoms with Crippen molar-refractivity contribution in [2.75, 3.05) is 0 Å². The van der Waals surface area contributed by atoms with E-state index in [-0.39, 0.29) is 0 Å². The number of aromatic nitrogens is 5. The number of nitrogens with zero attached hydrogens (tertiary/aromatic N) is 5. The number of fused-ring (bicyclic) bond motifs is 8. The summed E-state index contributed by atoms with van der Waals surface area (Å²) >= 11 is 0. The van der Waals surface area contributed by atoms with Crippen LogP contribution < -0.4 is 4.74 Å². The molecule has 0 bridgehead atoms. The van der Waals surface area contributed by atoms with Gasteiger partial charge < -0.3 is 4.74 Å². The molecule has 0 aliphatic heterocycles. The number of pyridine rings is 3. The van der Waals surface area contributed by atoms with Gasteiger partial charge in [-0.3, -0.25) is 14.0 Å². The Hall–Kier alpha value is -6.01. The normalized spacial score (nSPS) is 11.7. The first-order chi connectivity index (χ1) is 21.3. The second-order valence-electron chi connectivity index (χ2n) is 10.6. The zero-order valence-electron chi connectivity index (χ0n) is 22.9. The molecule has 0 aliphatic carbocycles. The van der Waals surface area contributed by atoms with E-state index in [0.717, 1.165) is 66.3 Å². The van der Waals surface area contributed by atoms with Crippen LogP contribution in [0.3, 0.4) is 0 Å². The average molecular weight is 554 g/mol. The predicted molar refractivity (Wildman–Crippen MR) is 172 cm³/mol. The Labute approximate surface area is 246 Å². The quantitative estimate of drug-likeness (QED) is 0.218. The molecule has 0 N–H and O–H groups in total. The molecule has 0 spiro atoms. The van der Waals surface area contributed by atoms with Crippen LogP contribution in [0.4, 0.5) is 0 Å². The van der Waals surface area contributed by atoms with E-state index in [9.17, 15) is 0 Å². The summed E-state index contributed by atoms with van der Waals surface area (Å²) in [6.07, 6.45) is 3.89. The number of imidazole rings is 1. The van der Waals surface area contributed by atoms with Crippen molar-refractivity contribution in [2.45, 2.75) is 0 Å². The Morgan fingerprint density at radius 1 is 0.605 bits per heavy atom. The molecule has 9 rings (SSSR count). The lowest BCUT2D eigenvalue weighted by Gasteiger charge is -2.13. The highest BCUT2D eigenvalue weighted by atomic mass is 16.5. The van der Waals surface area contributed by atoms with Crippen LogP contribution in [-0.2, 0) is 0 Å². The summed E-state index contributed by atoms with van der Waals surface area (Å²) in [5.74, 6) is 1.20. The molecule has 5 heterocycles. The minimum Gasteiger partial charge on any atom is -0.439 e. The van der Waals surface area contributed by atoms with Crippen molar-refractivity contribution in [3.05, 3.63) is 140 Å². The summed E-state index contributed by atoms with van der Waals surface area (Å²) in [4.78, 5) is 14.8. The van der Waals surface area contributed by atoms with Crippen molar-refractivity contribution in [3.8, 4) is 28.6 Å². The van der Waals surface area contributed by atoms with Crippen molar-refractivity contribution in [1.29, 1.82) is 0 Å². The summed E-state index contributed by atoms with van der Waals surface area (Å²) in [6.45, 7) is 0. The standard InChI is InChI=1S/C37H23N5O/c1-2-10-25(11-3-1)42-32-15-6-4-12-27(32)28-17-18-34(40-36(28)42)43-26-22-24-19-21-41-33-16-7-5-14-31(33)39-37(41)35(24)29(23-26)30-13-8-9-20-38-30/h1-23H. The van der Waals surface area contributed by atoms with Gasteiger partial charge in [0.2, 0.25) is 5.88 Å². The van der Waals surface area contributed by atoms with E-state index in [1.807, 2.05) is 72.9 Å². The molecule has 0 fully saturated rings. The summed E-state index contributed by atoms with van der Waals surface area (Å²) in [5, 5.41) is 4.27. The largest absolute Gasteiger partial charge is 0.439 e. The van der Waals surface area contributed by atoms with Gasteiger partial charge in [0, 0.05) is 45.9 Å². The fraction of sp³-hybridized carbons (Fsp3) is 0. The molecular formula is C37H23N5O. The van der Waals surface area contributed by atoms with Crippen molar-refractivity contribution >= 4 is 49.4 Å². The third-order valence-corrected chi connectivity index (χ3v) is 8.04. The topological polar surface area (TPSA) is 57.2 Å². The monoisotopic (exact) mass is 553 g/mol. The van der Waals surface area contributed by atoms with E-state index in [2.05, 4.69) is 75.8 Å². The lowest BCUT2D eigenvalue weighted by atomic mass is 10.0. The highest BCUT2D eigenvalue weighted by Crippen LogP contribution is 2.38. The molecule has 0 aliphatic rings. The van der Waals surface area contributed by atoms with Gasteiger partial charge in [0.1, 0.15) is 17.0 Å². The number of para-hydroxylation sites is 4. The van der Waals surface area contributed by atoms with Crippen LogP contribution in [0, 0.1) is 0 Å². The number of hydrogen-bond acceptors (Lipinski definition) is 4. The van der Waals surface area contributed by atoms with E-state index in [4.69, 9.17) is 19.7 Å². The van der Waals surface area contributed by atoms with Crippen molar-refractivity contribution in [2.24, 2.45) is 0 Å². The van der Waals surface area contributed by atoms with Crippen LogP contribution in [0.15, 0.2) is 140 Å². The molecule has 0 atom stereocenters. The molecule has 202 valence electrons. The zero-order valence-corrected chi connectivity index (χ0v) is 22.9. The van der Waals surface area contributed by atoms with Crippen molar-refractivity contribution < 1.29 is 4.74 Å². The van der Waals surface area contributed by atoms with Crippen molar-refractivity contribution in [3.63, 3.8) is 0 Å². The van der Waals surface area contributed by atoms with Gasteiger partial charge >= 0.3 is 0 Å². The maximum absolute atomic E-state index is 6.54. The highest BCUT2D eigenvalue weighted by molar-refractivity contribution is 6.09. The molecule has 9 aromatic rings. The van der Waals surface area contributed by atoms with Crippen LogP contribution in [0.5, 0.6) is 11.6 Å². The van der Waals surface area contributed by atoms with Crippen LogP contribution in [0.2, 0.25) is 0 Å². The molecule has 0 unspecified atom stereocenters. The second kappa shape index (κ2) is 9.26. The van der Waals surface area contributed by atoms with Gasteiger partial charge in [-0.1, -0.05) is 54.6 Å².